The minimum absolute atomic E-state index is 0.0814. The average Bonchev–Trinajstić information content (AvgIpc) is 2.39. The highest BCUT2D eigenvalue weighted by molar-refractivity contribution is 5.24. The van der Waals surface area contributed by atoms with Crippen molar-refractivity contribution in [2.24, 2.45) is 0 Å². The van der Waals surface area contributed by atoms with Crippen molar-refractivity contribution in [3.8, 4) is 5.88 Å². The summed E-state index contributed by atoms with van der Waals surface area (Å²) in [5.74, 6) is -4.25. The first-order valence-corrected chi connectivity index (χ1v) is 6.33. The van der Waals surface area contributed by atoms with Crippen LogP contribution in [0.5, 0.6) is 5.88 Å². The molecule has 0 bridgehead atoms. The SMILES string of the molecule is CCCNCc1ccc(OCC(F)(F)C(F)F)nc1C. The van der Waals surface area contributed by atoms with Gasteiger partial charge in [0.1, 0.15) is 0 Å². The zero-order chi connectivity index (χ0) is 15.2. The fourth-order valence-corrected chi connectivity index (χ4v) is 1.47. The van der Waals surface area contributed by atoms with Gasteiger partial charge in [-0.05, 0) is 25.5 Å². The number of hydrogen-bond donors (Lipinski definition) is 1. The Morgan fingerprint density at radius 3 is 2.60 bits per heavy atom. The van der Waals surface area contributed by atoms with Gasteiger partial charge in [-0.3, -0.25) is 0 Å². The molecule has 0 aliphatic carbocycles. The molecule has 1 aromatic heterocycles. The van der Waals surface area contributed by atoms with Crippen LogP contribution in [0.25, 0.3) is 0 Å². The number of aryl methyl sites for hydroxylation is 1. The highest BCUT2D eigenvalue weighted by Gasteiger charge is 2.41. The molecule has 0 atom stereocenters. The Balaban J connectivity index is 2.59. The number of aromatic nitrogens is 1. The average molecular weight is 294 g/mol. The third kappa shape index (κ3) is 4.96. The Morgan fingerprint density at radius 2 is 2.05 bits per heavy atom. The Kier molecular flexibility index (Phi) is 6.19. The molecule has 0 radical (unpaired) electrons. The van der Waals surface area contributed by atoms with E-state index in [0.29, 0.717) is 12.2 Å². The molecule has 0 saturated carbocycles. The molecule has 20 heavy (non-hydrogen) atoms. The quantitative estimate of drug-likeness (QED) is 0.590. The molecule has 1 aromatic rings. The Labute approximate surface area is 115 Å². The van der Waals surface area contributed by atoms with Gasteiger partial charge >= 0.3 is 12.3 Å². The van der Waals surface area contributed by atoms with E-state index >= 15 is 0 Å². The van der Waals surface area contributed by atoms with Gasteiger partial charge in [0.2, 0.25) is 5.88 Å². The minimum atomic E-state index is -4.17. The van der Waals surface area contributed by atoms with Crippen LogP contribution in [0.15, 0.2) is 12.1 Å². The lowest BCUT2D eigenvalue weighted by Crippen LogP contribution is -2.33. The van der Waals surface area contributed by atoms with Crippen molar-refractivity contribution in [3.05, 3.63) is 23.4 Å². The van der Waals surface area contributed by atoms with Gasteiger partial charge in [0.25, 0.3) is 0 Å². The van der Waals surface area contributed by atoms with Crippen LogP contribution in [0.3, 0.4) is 0 Å². The molecule has 7 heteroatoms. The smallest absolute Gasteiger partial charge is 0.340 e. The number of alkyl halides is 4. The summed E-state index contributed by atoms with van der Waals surface area (Å²) in [7, 11) is 0. The first-order valence-electron chi connectivity index (χ1n) is 6.33. The van der Waals surface area contributed by atoms with E-state index in [4.69, 9.17) is 0 Å². The maximum absolute atomic E-state index is 12.7. The van der Waals surface area contributed by atoms with Crippen LogP contribution < -0.4 is 10.1 Å². The monoisotopic (exact) mass is 294 g/mol. The topological polar surface area (TPSA) is 34.1 Å². The molecule has 0 fully saturated rings. The summed E-state index contributed by atoms with van der Waals surface area (Å²) in [6.07, 6.45) is -2.75. The van der Waals surface area contributed by atoms with Gasteiger partial charge in [-0.1, -0.05) is 13.0 Å². The fourth-order valence-electron chi connectivity index (χ4n) is 1.47. The van der Waals surface area contributed by atoms with Crippen molar-refractivity contribution in [2.75, 3.05) is 13.2 Å². The van der Waals surface area contributed by atoms with E-state index in [2.05, 4.69) is 15.0 Å². The summed E-state index contributed by atoms with van der Waals surface area (Å²) in [6.45, 7) is 3.84. The molecule has 1 N–H and O–H groups in total. The predicted octanol–water partition coefficient (Wildman–Crippen LogP) is 3.17. The highest BCUT2D eigenvalue weighted by atomic mass is 19.3. The zero-order valence-electron chi connectivity index (χ0n) is 11.4. The number of nitrogens with zero attached hydrogens (tertiary/aromatic N) is 1. The molecule has 1 rings (SSSR count). The Bertz CT molecular complexity index is 427. The molecule has 0 amide bonds. The van der Waals surface area contributed by atoms with E-state index in [0.717, 1.165) is 18.5 Å². The molecule has 0 saturated heterocycles. The second-order valence-electron chi connectivity index (χ2n) is 4.42. The zero-order valence-corrected chi connectivity index (χ0v) is 11.4. The van der Waals surface area contributed by atoms with Crippen LogP contribution in [-0.4, -0.2) is 30.5 Å². The van der Waals surface area contributed by atoms with E-state index in [9.17, 15) is 17.6 Å². The van der Waals surface area contributed by atoms with Crippen molar-refractivity contribution >= 4 is 0 Å². The van der Waals surface area contributed by atoms with Crippen molar-refractivity contribution < 1.29 is 22.3 Å². The summed E-state index contributed by atoms with van der Waals surface area (Å²) in [4.78, 5) is 3.97. The summed E-state index contributed by atoms with van der Waals surface area (Å²) in [5, 5.41) is 3.18. The largest absolute Gasteiger partial charge is 0.471 e. The van der Waals surface area contributed by atoms with Crippen molar-refractivity contribution in [1.82, 2.24) is 10.3 Å². The fraction of sp³-hybridized carbons (Fsp3) is 0.615. The first kappa shape index (κ1) is 16.7. The van der Waals surface area contributed by atoms with Crippen molar-refractivity contribution in [3.63, 3.8) is 0 Å². The van der Waals surface area contributed by atoms with Gasteiger partial charge in [-0.25, -0.2) is 13.8 Å². The van der Waals surface area contributed by atoms with Gasteiger partial charge in [0.05, 0.1) is 0 Å². The summed E-state index contributed by atoms with van der Waals surface area (Å²) in [5.41, 5.74) is 1.53. The first-order chi connectivity index (χ1) is 9.36. The van der Waals surface area contributed by atoms with E-state index in [1.54, 1.807) is 13.0 Å². The van der Waals surface area contributed by atoms with Crippen molar-refractivity contribution in [1.29, 1.82) is 0 Å². The van der Waals surface area contributed by atoms with Crippen LogP contribution in [0.2, 0.25) is 0 Å². The molecule has 0 aromatic carbocycles. The van der Waals surface area contributed by atoms with E-state index in [1.807, 2.05) is 6.92 Å². The van der Waals surface area contributed by atoms with E-state index < -0.39 is 19.0 Å². The van der Waals surface area contributed by atoms with Crippen LogP contribution in [0.1, 0.15) is 24.6 Å². The van der Waals surface area contributed by atoms with Crippen LogP contribution in [0, 0.1) is 6.92 Å². The molecule has 0 aliphatic rings. The third-order valence-electron chi connectivity index (χ3n) is 2.64. The summed E-state index contributed by atoms with van der Waals surface area (Å²) < 4.78 is 54.0. The van der Waals surface area contributed by atoms with E-state index in [-0.39, 0.29) is 5.88 Å². The van der Waals surface area contributed by atoms with Crippen molar-refractivity contribution in [2.45, 2.75) is 39.2 Å². The number of rotatable bonds is 8. The summed E-state index contributed by atoms with van der Waals surface area (Å²) in [6, 6.07) is 3.08. The number of halogens is 4. The minimum Gasteiger partial charge on any atom is -0.471 e. The number of hydrogen-bond acceptors (Lipinski definition) is 3. The van der Waals surface area contributed by atoms with Gasteiger partial charge in [-0.2, -0.15) is 8.78 Å². The van der Waals surface area contributed by atoms with E-state index in [1.165, 1.54) is 6.07 Å². The lowest BCUT2D eigenvalue weighted by Gasteiger charge is -2.16. The van der Waals surface area contributed by atoms with Gasteiger partial charge < -0.3 is 10.1 Å². The number of pyridine rings is 1. The second-order valence-corrected chi connectivity index (χ2v) is 4.42. The molecule has 0 unspecified atom stereocenters. The van der Waals surface area contributed by atoms with Crippen LogP contribution in [-0.2, 0) is 6.54 Å². The lowest BCUT2D eigenvalue weighted by atomic mass is 10.2. The number of nitrogens with one attached hydrogen (secondary N) is 1. The molecule has 114 valence electrons. The molecule has 0 spiro atoms. The van der Waals surface area contributed by atoms with Crippen LogP contribution in [0.4, 0.5) is 17.6 Å². The Morgan fingerprint density at radius 1 is 1.35 bits per heavy atom. The molecular weight excluding hydrogens is 276 g/mol. The van der Waals surface area contributed by atoms with Gasteiger partial charge in [0.15, 0.2) is 6.61 Å². The second kappa shape index (κ2) is 7.42. The number of ether oxygens (including phenoxy) is 1. The molecule has 1 heterocycles. The van der Waals surface area contributed by atoms with Crippen LogP contribution >= 0.6 is 0 Å². The molecule has 3 nitrogen and oxygen atoms in total. The van der Waals surface area contributed by atoms with Gasteiger partial charge in [0, 0.05) is 18.3 Å². The highest BCUT2D eigenvalue weighted by Crippen LogP contribution is 2.24. The summed E-state index contributed by atoms with van der Waals surface area (Å²) >= 11 is 0. The standard InChI is InChI=1S/C13H18F4N2O/c1-3-6-18-7-10-4-5-11(19-9(10)2)20-8-13(16,17)12(14)15/h4-5,12,18H,3,6-8H2,1-2H3. The predicted molar refractivity (Wildman–Crippen MR) is 67.4 cm³/mol. The molecular formula is C13H18F4N2O. The maximum atomic E-state index is 12.7. The van der Waals surface area contributed by atoms with Gasteiger partial charge in [-0.15, -0.1) is 0 Å². The Hall–Kier alpha value is -1.37. The lowest BCUT2D eigenvalue weighted by molar-refractivity contribution is -0.148. The third-order valence-corrected chi connectivity index (χ3v) is 2.64. The normalized spacial score (nSPS) is 11.9. The molecule has 0 aliphatic heterocycles. The maximum Gasteiger partial charge on any atom is 0.340 e.